The predicted octanol–water partition coefficient (Wildman–Crippen LogP) is 3.15. The Balaban J connectivity index is 1.98. The van der Waals surface area contributed by atoms with Crippen molar-refractivity contribution in [3.8, 4) is 0 Å². The van der Waals surface area contributed by atoms with Gasteiger partial charge in [0.2, 0.25) is 0 Å². The Morgan fingerprint density at radius 1 is 1.10 bits per heavy atom. The molecular weight excluding hydrogens is 264 g/mol. The van der Waals surface area contributed by atoms with E-state index in [4.69, 9.17) is 4.74 Å². The molecule has 0 fully saturated rings. The van der Waals surface area contributed by atoms with Crippen LogP contribution in [0.5, 0.6) is 0 Å². The molecule has 0 aromatic carbocycles. The van der Waals surface area contributed by atoms with Crippen LogP contribution in [0.4, 0.5) is 0 Å². The van der Waals surface area contributed by atoms with Crippen molar-refractivity contribution in [2.45, 2.75) is 71.4 Å². The largest absolute Gasteiger partial charge is 0.383 e. The molecule has 122 valence electrons. The normalized spacial score (nSPS) is 11.1. The zero-order chi connectivity index (χ0) is 15.2. The second kappa shape index (κ2) is 12.8. The van der Waals surface area contributed by atoms with Crippen molar-refractivity contribution in [3.05, 3.63) is 12.2 Å². The molecule has 1 heterocycles. The van der Waals surface area contributed by atoms with Gasteiger partial charge in [0.15, 0.2) is 5.82 Å². The van der Waals surface area contributed by atoms with E-state index >= 15 is 0 Å². The minimum absolute atomic E-state index is 0.716. The van der Waals surface area contributed by atoms with Gasteiger partial charge in [0, 0.05) is 20.2 Å². The van der Waals surface area contributed by atoms with E-state index in [9.17, 15) is 0 Å². The highest BCUT2D eigenvalue weighted by atomic mass is 16.5. The molecule has 21 heavy (non-hydrogen) atoms. The van der Waals surface area contributed by atoms with Crippen LogP contribution in [0.25, 0.3) is 0 Å². The Morgan fingerprint density at radius 2 is 1.81 bits per heavy atom. The van der Waals surface area contributed by atoms with E-state index in [1.54, 1.807) is 7.11 Å². The minimum Gasteiger partial charge on any atom is -0.383 e. The number of nitrogens with zero attached hydrogens (tertiary/aromatic N) is 3. The van der Waals surface area contributed by atoms with Gasteiger partial charge in [0.25, 0.3) is 0 Å². The molecule has 1 aromatic rings. The number of hydrogen-bond donors (Lipinski definition) is 1. The van der Waals surface area contributed by atoms with Gasteiger partial charge >= 0.3 is 0 Å². The average molecular weight is 296 g/mol. The van der Waals surface area contributed by atoms with Crippen LogP contribution in [-0.2, 0) is 17.8 Å². The summed E-state index contributed by atoms with van der Waals surface area (Å²) in [6.45, 7) is 5.52. The monoisotopic (exact) mass is 296 g/mol. The third-order valence-corrected chi connectivity index (χ3v) is 3.59. The lowest BCUT2D eigenvalue weighted by molar-refractivity contribution is 0.199. The maximum absolute atomic E-state index is 4.98. The molecule has 0 aliphatic rings. The van der Waals surface area contributed by atoms with Crippen LogP contribution in [0.15, 0.2) is 6.33 Å². The van der Waals surface area contributed by atoms with Crippen LogP contribution in [0.2, 0.25) is 0 Å². The van der Waals surface area contributed by atoms with Gasteiger partial charge in [-0.05, 0) is 6.42 Å². The standard InChI is InChI=1S/C16H32N4O/c1-3-4-5-6-7-8-9-10-12-20-15-18-16(19-20)14-17-11-13-21-2/h15,17H,3-14H2,1-2H3. The molecule has 0 unspecified atom stereocenters. The number of methoxy groups -OCH3 is 1. The maximum atomic E-state index is 4.98. The van der Waals surface area contributed by atoms with Gasteiger partial charge in [-0.25, -0.2) is 4.98 Å². The Kier molecular flexibility index (Phi) is 11.0. The molecule has 0 spiro atoms. The number of hydrogen-bond acceptors (Lipinski definition) is 4. The second-order valence-electron chi connectivity index (χ2n) is 5.57. The molecule has 1 aromatic heterocycles. The molecule has 1 N–H and O–H groups in total. The molecule has 0 atom stereocenters. The summed E-state index contributed by atoms with van der Waals surface area (Å²) in [5.74, 6) is 0.866. The third kappa shape index (κ3) is 9.58. The van der Waals surface area contributed by atoms with Crippen molar-refractivity contribution in [2.24, 2.45) is 0 Å². The Hall–Kier alpha value is -0.940. The fourth-order valence-corrected chi connectivity index (χ4v) is 2.30. The van der Waals surface area contributed by atoms with Crippen LogP contribution in [-0.4, -0.2) is 35.0 Å². The quantitative estimate of drug-likeness (QED) is 0.536. The summed E-state index contributed by atoms with van der Waals surface area (Å²) in [6.07, 6.45) is 12.6. The highest BCUT2D eigenvalue weighted by Crippen LogP contribution is 2.08. The number of ether oxygens (including phenoxy) is 1. The lowest BCUT2D eigenvalue weighted by atomic mass is 10.1. The SMILES string of the molecule is CCCCCCCCCCn1cnc(CNCCOC)n1. The van der Waals surface area contributed by atoms with Crippen molar-refractivity contribution in [2.75, 3.05) is 20.3 Å². The van der Waals surface area contributed by atoms with Crippen LogP contribution >= 0.6 is 0 Å². The summed E-state index contributed by atoms with van der Waals surface area (Å²) >= 11 is 0. The van der Waals surface area contributed by atoms with Gasteiger partial charge < -0.3 is 10.1 Å². The van der Waals surface area contributed by atoms with Crippen molar-refractivity contribution in [1.29, 1.82) is 0 Å². The smallest absolute Gasteiger partial charge is 0.164 e. The third-order valence-electron chi connectivity index (χ3n) is 3.59. The van der Waals surface area contributed by atoms with Crippen LogP contribution < -0.4 is 5.32 Å². The summed E-state index contributed by atoms with van der Waals surface area (Å²) < 4.78 is 6.95. The summed E-state index contributed by atoms with van der Waals surface area (Å²) in [6, 6.07) is 0. The van der Waals surface area contributed by atoms with E-state index in [1.165, 1.54) is 51.4 Å². The van der Waals surface area contributed by atoms with Crippen molar-refractivity contribution in [3.63, 3.8) is 0 Å². The zero-order valence-corrected chi connectivity index (χ0v) is 13.8. The molecule has 0 saturated heterocycles. The van der Waals surface area contributed by atoms with Crippen molar-refractivity contribution in [1.82, 2.24) is 20.1 Å². The van der Waals surface area contributed by atoms with E-state index in [0.717, 1.165) is 25.5 Å². The number of rotatable bonds is 14. The van der Waals surface area contributed by atoms with E-state index in [2.05, 4.69) is 22.3 Å². The van der Waals surface area contributed by atoms with E-state index in [-0.39, 0.29) is 0 Å². The average Bonchev–Trinajstić information content (AvgIpc) is 2.94. The number of nitrogens with one attached hydrogen (secondary N) is 1. The van der Waals surface area contributed by atoms with Gasteiger partial charge in [-0.15, -0.1) is 0 Å². The highest BCUT2D eigenvalue weighted by Gasteiger charge is 2.00. The molecule has 0 radical (unpaired) electrons. The Labute approximate surface area is 129 Å². The Morgan fingerprint density at radius 3 is 2.52 bits per heavy atom. The molecule has 0 bridgehead atoms. The van der Waals surface area contributed by atoms with Gasteiger partial charge in [-0.2, -0.15) is 5.10 Å². The van der Waals surface area contributed by atoms with Gasteiger partial charge in [-0.3, -0.25) is 4.68 Å². The van der Waals surface area contributed by atoms with Gasteiger partial charge in [0.1, 0.15) is 6.33 Å². The Bertz CT molecular complexity index is 341. The van der Waals surface area contributed by atoms with Gasteiger partial charge in [0.05, 0.1) is 13.2 Å². The molecule has 5 nitrogen and oxygen atoms in total. The minimum atomic E-state index is 0.716. The van der Waals surface area contributed by atoms with Crippen molar-refractivity contribution >= 4 is 0 Å². The number of unbranched alkanes of at least 4 members (excludes halogenated alkanes) is 7. The molecule has 0 amide bonds. The fraction of sp³-hybridized carbons (Fsp3) is 0.875. The van der Waals surface area contributed by atoms with E-state index < -0.39 is 0 Å². The van der Waals surface area contributed by atoms with Gasteiger partial charge in [-0.1, -0.05) is 51.9 Å². The first kappa shape index (κ1) is 18.1. The van der Waals surface area contributed by atoms with Crippen LogP contribution in [0.1, 0.15) is 64.1 Å². The first-order valence-corrected chi connectivity index (χ1v) is 8.44. The second-order valence-corrected chi connectivity index (χ2v) is 5.57. The number of aryl methyl sites for hydroxylation is 1. The lowest BCUT2D eigenvalue weighted by Crippen LogP contribution is -2.19. The van der Waals surface area contributed by atoms with E-state index in [1.807, 2.05) is 11.0 Å². The van der Waals surface area contributed by atoms with E-state index in [0.29, 0.717) is 6.54 Å². The highest BCUT2D eigenvalue weighted by molar-refractivity contribution is 4.80. The summed E-state index contributed by atoms with van der Waals surface area (Å²) in [5.41, 5.74) is 0. The molecule has 1 rings (SSSR count). The van der Waals surface area contributed by atoms with Crippen molar-refractivity contribution < 1.29 is 4.74 Å². The maximum Gasteiger partial charge on any atom is 0.164 e. The summed E-state index contributed by atoms with van der Waals surface area (Å²) in [7, 11) is 1.71. The zero-order valence-electron chi connectivity index (χ0n) is 13.8. The van der Waals surface area contributed by atoms with Crippen LogP contribution in [0, 0.1) is 0 Å². The number of aromatic nitrogens is 3. The lowest BCUT2D eigenvalue weighted by Gasteiger charge is -2.02. The molecule has 0 saturated carbocycles. The summed E-state index contributed by atoms with van der Waals surface area (Å²) in [4.78, 5) is 4.31. The first-order chi connectivity index (χ1) is 10.4. The molecule has 0 aliphatic carbocycles. The molecular formula is C16H32N4O. The van der Waals surface area contributed by atoms with Crippen LogP contribution in [0.3, 0.4) is 0 Å². The summed E-state index contributed by atoms with van der Waals surface area (Å²) in [5, 5.41) is 7.72. The predicted molar refractivity (Wildman–Crippen MR) is 86.2 cm³/mol. The fourth-order valence-electron chi connectivity index (χ4n) is 2.30. The topological polar surface area (TPSA) is 52.0 Å². The molecule has 5 heteroatoms. The molecule has 0 aliphatic heterocycles. The first-order valence-electron chi connectivity index (χ1n) is 8.44.